The molecule has 0 radical (unpaired) electrons. The first-order chi connectivity index (χ1) is 16.6. The number of carbonyl (C=O) groups is 2. The van der Waals surface area contributed by atoms with E-state index in [1.165, 1.54) is 0 Å². The van der Waals surface area contributed by atoms with Crippen molar-refractivity contribution >= 4 is 23.2 Å². The molecule has 1 aliphatic heterocycles. The van der Waals surface area contributed by atoms with Crippen LogP contribution in [-0.4, -0.2) is 37.7 Å². The van der Waals surface area contributed by atoms with Gasteiger partial charge in [-0.15, -0.1) is 0 Å². The van der Waals surface area contributed by atoms with Crippen molar-refractivity contribution in [1.82, 2.24) is 0 Å². The number of ether oxygens (including phenoxy) is 3. The number of benzene rings is 3. The predicted molar refractivity (Wildman–Crippen MR) is 131 cm³/mol. The molecule has 7 heteroatoms. The van der Waals surface area contributed by atoms with Crippen molar-refractivity contribution in [3.8, 4) is 17.2 Å². The van der Waals surface area contributed by atoms with Gasteiger partial charge in [-0.05, 0) is 55.8 Å². The monoisotopic (exact) mass is 460 g/mol. The van der Waals surface area contributed by atoms with Crippen LogP contribution in [0.5, 0.6) is 17.2 Å². The number of nitrogens with one attached hydrogen (secondary N) is 1. The maximum atomic E-state index is 12.8. The van der Waals surface area contributed by atoms with Crippen LogP contribution in [0.4, 0.5) is 11.4 Å². The van der Waals surface area contributed by atoms with Crippen molar-refractivity contribution in [3.63, 3.8) is 0 Å². The Hall–Kier alpha value is -4.00. The van der Waals surface area contributed by atoms with E-state index in [1.54, 1.807) is 30.0 Å². The number of amides is 2. The molecular formula is C27H28N2O5. The van der Waals surface area contributed by atoms with Crippen LogP contribution in [0.25, 0.3) is 0 Å². The first kappa shape index (κ1) is 23.2. The summed E-state index contributed by atoms with van der Waals surface area (Å²) in [6.45, 7) is 2.88. The quantitative estimate of drug-likeness (QED) is 0.445. The molecule has 3 aromatic rings. The lowest BCUT2D eigenvalue weighted by Crippen LogP contribution is -2.46. The molecule has 1 heterocycles. The number of rotatable bonds is 10. The minimum atomic E-state index is -0.589. The van der Waals surface area contributed by atoms with Crippen LogP contribution in [-0.2, 0) is 9.59 Å². The van der Waals surface area contributed by atoms with E-state index in [1.807, 2.05) is 60.7 Å². The standard InChI is InChI=1S/C27H28N2O5/c1-20-27(31)29(16-18-33-23-11-6-3-7-12-23)24-19-21(14-15-25(24)34-20)28-26(30)13-8-17-32-22-9-4-2-5-10-22/h2-7,9-12,14-15,19-20H,8,13,16-18H2,1H3,(H,28,30). The molecule has 1 atom stereocenters. The van der Waals surface area contributed by atoms with E-state index in [-0.39, 0.29) is 11.8 Å². The highest BCUT2D eigenvalue weighted by Crippen LogP contribution is 2.36. The van der Waals surface area contributed by atoms with Crippen LogP contribution in [0, 0.1) is 0 Å². The van der Waals surface area contributed by atoms with Gasteiger partial charge >= 0.3 is 0 Å². The highest BCUT2D eigenvalue weighted by Gasteiger charge is 2.31. The van der Waals surface area contributed by atoms with E-state index in [2.05, 4.69) is 5.32 Å². The van der Waals surface area contributed by atoms with Crippen molar-refractivity contribution in [2.24, 2.45) is 0 Å². The highest BCUT2D eigenvalue weighted by atomic mass is 16.5. The SMILES string of the molecule is CC1Oc2ccc(NC(=O)CCCOc3ccccc3)cc2N(CCOc2ccccc2)C1=O. The van der Waals surface area contributed by atoms with Crippen molar-refractivity contribution < 1.29 is 23.8 Å². The minimum absolute atomic E-state index is 0.119. The molecule has 0 aromatic heterocycles. The molecule has 1 unspecified atom stereocenters. The first-order valence-corrected chi connectivity index (χ1v) is 11.4. The van der Waals surface area contributed by atoms with E-state index in [9.17, 15) is 9.59 Å². The van der Waals surface area contributed by atoms with E-state index in [0.29, 0.717) is 49.7 Å². The number of carbonyl (C=O) groups excluding carboxylic acids is 2. The van der Waals surface area contributed by atoms with E-state index >= 15 is 0 Å². The number of hydrogen-bond donors (Lipinski definition) is 1. The summed E-state index contributed by atoms with van der Waals surface area (Å²) in [4.78, 5) is 26.9. The third kappa shape index (κ3) is 6.07. The second-order valence-corrected chi connectivity index (χ2v) is 7.91. The number of anilines is 2. The molecule has 3 aromatic carbocycles. The van der Waals surface area contributed by atoms with Gasteiger partial charge < -0.3 is 24.4 Å². The zero-order chi connectivity index (χ0) is 23.8. The minimum Gasteiger partial charge on any atom is -0.494 e. The predicted octanol–water partition coefficient (Wildman–Crippen LogP) is 4.68. The Balaban J connectivity index is 1.33. The van der Waals surface area contributed by atoms with Crippen molar-refractivity contribution in [3.05, 3.63) is 78.9 Å². The molecule has 176 valence electrons. The number of nitrogens with zero attached hydrogens (tertiary/aromatic N) is 1. The van der Waals surface area contributed by atoms with Crippen LogP contribution >= 0.6 is 0 Å². The van der Waals surface area contributed by atoms with E-state index in [0.717, 1.165) is 11.5 Å². The maximum Gasteiger partial charge on any atom is 0.267 e. The summed E-state index contributed by atoms with van der Waals surface area (Å²) in [6, 6.07) is 24.3. The second kappa shape index (κ2) is 11.2. The lowest BCUT2D eigenvalue weighted by molar-refractivity contribution is -0.125. The van der Waals surface area contributed by atoms with Gasteiger partial charge in [-0.3, -0.25) is 9.59 Å². The van der Waals surface area contributed by atoms with Gasteiger partial charge in [0.1, 0.15) is 23.9 Å². The van der Waals surface area contributed by atoms with Crippen molar-refractivity contribution in [1.29, 1.82) is 0 Å². The highest BCUT2D eigenvalue weighted by molar-refractivity contribution is 6.01. The largest absolute Gasteiger partial charge is 0.494 e. The van der Waals surface area contributed by atoms with Gasteiger partial charge in [0, 0.05) is 12.1 Å². The molecule has 0 bridgehead atoms. The topological polar surface area (TPSA) is 77.1 Å². The van der Waals surface area contributed by atoms with Crippen LogP contribution in [0.3, 0.4) is 0 Å². The third-order valence-corrected chi connectivity index (χ3v) is 5.34. The molecule has 34 heavy (non-hydrogen) atoms. The molecule has 0 spiro atoms. The molecule has 7 nitrogen and oxygen atoms in total. The summed E-state index contributed by atoms with van der Waals surface area (Å²) in [7, 11) is 0. The summed E-state index contributed by atoms with van der Waals surface area (Å²) in [5.41, 5.74) is 1.22. The Kier molecular flexibility index (Phi) is 7.65. The first-order valence-electron chi connectivity index (χ1n) is 11.4. The van der Waals surface area contributed by atoms with E-state index in [4.69, 9.17) is 14.2 Å². The number of fused-ring (bicyclic) bond motifs is 1. The summed E-state index contributed by atoms with van der Waals surface area (Å²) in [5, 5.41) is 2.90. The zero-order valence-electron chi connectivity index (χ0n) is 19.1. The van der Waals surface area contributed by atoms with Crippen LogP contribution in [0.2, 0.25) is 0 Å². The summed E-state index contributed by atoms with van der Waals surface area (Å²) in [5.74, 6) is 1.86. The Labute approximate surface area is 199 Å². The van der Waals surface area contributed by atoms with Crippen molar-refractivity contribution in [2.75, 3.05) is 30.0 Å². The maximum absolute atomic E-state index is 12.8. The van der Waals surface area contributed by atoms with Crippen LogP contribution in [0.15, 0.2) is 78.9 Å². The zero-order valence-corrected chi connectivity index (χ0v) is 19.1. The summed E-state index contributed by atoms with van der Waals surface area (Å²) >= 11 is 0. The van der Waals surface area contributed by atoms with Gasteiger partial charge in [0.15, 0.2) is 6.10 Å². The van der Waals surface area contributed by atoms with Gasteiger partial charge in [0.05, 0.1) is 18.8 Å². The lowest BCUT2D eigenvalue weighted by atomic mass is 10.1. The van der Waals surface area contributed by atoms with Gasteiger partial charge in [-0.2, -0.15) is 0 Å². The smallest absolute Gasteiger partial charge is 0.267 e. The second-order valence-electron chi connectivity index (χ2n) is 7.91. The molecule has 0 saturated heterocycles. The number of hydrogen-bond acceptors (Lipinski definition) is 5. The molecule has 4 rings (SSSR count). The van der Waals surface area contributed by atoms with Gasteiger partial charge in [0.2, 0.25) is 5.91 Å². The molecule has 0 saturated carbocycles. The average Bonchev–Trinajstić information content (AvgIpc) is 2.86. The Morgan fingerprint density at radius 3 is 2.26 bits per heavy atom. The van der Waals surface area contributed by atoms with Crippen LogP contribution in [0.1, 0.15) is 19.8 Å². The lowest BCUT2D eigenvalue weighted by Gasteiger charge is -2.33. The summed E-state index contributed by atoms with van der Waals surface area (Å²) in [6.07, 6.45) is 0.327. The van der Waals surface area contributed by atoms with E-state index < -0.39 is 6.10 Å². The average molecular weight is 461 g/mol. The fourth-order valence-electron chi connectivity index (χ4n) is 3.65. The van der Waals surface area contributed by atoms with Gasteiger partial charge in [0.25, 0.3) is 5.91 Å². The Morgan fingerprint density at radius 1 is 0.941 bits per heavy atom. The Bertz CT molecular complexity index is 1100. The molecule has 2 amide bonds. The molecule has 1 N–H and O–H groups in total. The summed E-state index contributed by atoms with van der Waals surface area (Å²) < 4.78 is 17.2. The third-order valence-electron chi connectivity index (χ3n) is 5.34. The van der Waals surface area contributed by atoms with Crippen LogP contribution < -0.4 is 24.4 Å². The van der Waals surface area contributed by atoms with Gasteiger partial charge in [-0.1, -0.05) is 36.4 Å². The molecular weight excluding hydrogens is 432 g/mol. The van der Waals surface area contributed by atoms with Crippen molar-refractivity contribution in [2.45, 2.75) is 25.9 Å². The fraction of sp³-hybridized carbons (Fsp3) is 0.259. The molecule has 0 aliphatic carbocycles. The molecule has 1 aliphatic rings. The number of para-hydroxylation sites is 2. The normalized spacial score (nSPS) is 14.7. The van der Waals surface area contributed by atoms with Gasteiger partial charge in [-0.25, -0.2) is 0 Å². The fourth-order valence-corrected chi connectivity index (χ4v) is 3.65. The Morgan fingerprint density at radius 2 is 1.59 bits per heavy atom. The molecule has 0 fully saturated rings.